The number of nitrogens with zero attached hydrogens (tertiary/aromatic N) is 2. The van der Waals surface area contributed by atoms with Gasteiger partial charge in [0.1, 0.15) is 0 Å². The number of rotatable bonds is 2. The molecule has 0 amide bonds. The van der Waals surface area contributed by atoms with E-state index in [1.165, 1.54) is 25.7 Å². The van der Waals surface area contributed by atoms with E-state index < -0.39 is 0 Å². The Balaban J connectivity index is 1.72. The second-order valence-corrected chi connectivity index (χ2v) is 6.20. The maximum Gasteiger partial charge on any atom is 0.231 e. The Labute approximate surface area is 109 Å². The lowest BCUT2D eigenvalue weighted by atomic mass is 9.82. The molecule has 1 aromatic rings. The fourth-order valence-electron chi connectivity index (χ4n) is 3.37. The molecule has 1 aromatic heterocycles. The Kier molecular flexibility index (Phi) is 3.37. The molecule has 2 heterocycles. The number of hydrogen-bond donors (Lipinski definition) is 1. The standard InChI is InChI=1S/C14H23N3O/c1-9-4-3-5-11(6-9)13-16-14(18-17-13)12-8-15-7-10(12)2/h9-12,15H,3-8H2,1-2H3/t9?,10-,11?,12-/m1/s1. The van der Waals surface area contributed by atoms with Crippen LogP contribution >= 0.6 is 0 Å². The quantitative estimate of drug-likeness (QED) is 0.875. The van der Waals surface area contributed by atoms with Gasteiger partial charge in [-0.05, 0) is 31.2 Å². The van der Waals surface area contributed by atoms with Crippen molar-refractivity contribution in [1.82, 2.24) is 15.5 Å². The van der Waals surface area contributed by atoms with Gasteiger partial charge in [-0.15, -0.1) is 0 Å². The molecule has 2 unspecified atom stereocenters. The van der Waals surface area contributed by atoms with Crippen LogP contribution in [0, 0.1) is 11.8 Å². The molecule has 4 heteroatoms. The van der Waals surface area contributed by atoms with Gasteiger partial charge in [-0.1, -0.05) is 31.8 Å². The Morgan fingerprint density at radius 1 is 1.22 bits per heavy atom. The minimum atomic E-state index is 0.410. The minimum Gasteiger partial charge on any atom is -0.339 e. The molecular weight excluding hydrogens is 226 g/mol. The summed E-state index contributed by atoms with van der Waals surface area (Å²) in [5.74, 6) is 4.14. The van der Waals surface area contributed by atoms with E-state index in [2.05, 4.69) is 29.3 Å². The summed E-state index contributed by atoms with van der Waals surface area (Å²) in [7, 11) is 0. The van der Waals surface area contributed by atoms with Gasteiger partial charge in [0.25, 0.3) is 0 Å². The lowest BCUT2D eigenvalue weighted by Gasteiger charge is -2.23. The molecule has 4 atom stereocenters. The smallest absolute Gasteiger partial charge is 0.231 e. The van der Waals surface area contributed by atoms with E-state index in [0.29, 0.717) is 17.8 Å². The number of nitrogens with one attached hydrogen (secondary N) is 1. The van der Waals surface area contributed by atoms with Crippen molar-refractivity contribution in [2.45, 2.75) is 51.4 Å². The van der Waals surface area contributed by atoms with Crippen LogP contribution in [0.2, 0.25) is 0 Å². The summed E-state index contributed by atoms with van der Waals surface area (Å²) >= 11 is 0. The van der Waals surface area contributed by atoms with E-state index >= 15 is 0 Å². The number of aromatic nitrogens is 2. The molecule has 100 valence electrons. The van der Waals surface area contributed by atoms with Crippen LogP contribution in [0.3, 0.4) is 0 Å². The van der Waals surface area contributed by atoms with Crippen molar-refractivity contribution >= 4 is 0 Å². The molecule has 0 radical (unpaired) electrons. The first-order chi connectivity index (χ1) is 8.74. The maximum atomic E-state index is 5.51. The molecule has 1 saturated heterocycles. The van der Waals surface area contributed by atoms with Crippen LogP contribution in [0.15, 0.2) is 4.52 Å². The van der Waals surface area contributed by atoms with Crippen LogP contribution < -0.4 is 5.32 Å². The lowest BCUT2D eigenvalue weighted by Crippen LogP contribution is -2.13. The molecule has 0 spiro atoms. The summed E-state index contributed by atoms with van der Waals surface area (Å²) < 4.78 is 5.51. The second kappa shape index (κ2) is 5.00. The normalized spacial score (nSPS) is 37.0. The van der Waals surface area contributed by atoms with Gasteiger partial charge in [0.15, 0.2) is 5.82 Å². The predicted molar refractivity (Wildman–Crippen MR) is 69.4 cm³/mol. The monoisotopic (exact) mass is 249 g/mol. The molecule has 4 nitrogen and oxygen atoms in total. The fourth-order valence-corrected chi connectivity index (χ4v) is 3.37. The lowest BCUT2D eigenvalue weighted by molar-refractivity contribution is 0.312. The minimum absolute atomic E-state index is 0.410. The second-order valence-electron chi connectivity index (χ2n) is 6.20. The SMILES string of the molecule is CC1CCCC(c2noc([C@@H]3CNC[C@H]3C)n2)C1. The first kappa shape index (κ1) is 12.2. The molecule has 3 rings (SSSR count). The summed E-state index contributed by atoms with van der Waals surface area (Å²) in [6.07, 6.45) is 5.10. The van der Waals surface area contributed by atoms with Crippen LogP contribution in [0.1, 0.15) is 63.1 Å². The van der Waals surface area contributed by atoms with Crippen LogP contribution in [0.25, 0.3) is 0 Å². The molecule has 2 fully saturated rings. The van der Waals surface area contributed by atoms with Gasteiger partial charge in [0.2, 0.25) is 5.89 Å². The largest absolute Gasteiger partial charge is 0.339 e. The summed E-state index contributed by atoms with van der Waals surface area (Å²) in [6.45, 7) is 6.61. The number of hydrogen-bond acceptors (Lipinski definition) is 4. The third-order valence-electron chi connectivity index (χ3n) is 4.59. The average molecular weight is 249 g/mol. The highest BCUT2D eigenvalue weighted by atomic mass is 16.5. The van der Waals surface area contributed by atoms with Crippen molar-refractivity contribution in [3.8, 4) is 0 Å². The van der Waals surface area contributed by atoms with Crippen LogP contribution in [0.5, 0.6) is 0 Å². The third-order valence-corrected chi connectivity index (χ3v) is 4.59. The molecule has 1 saturated carbocycles. The highest BCUT2D eigenvalue weighted by molar-refractivity contribution is 5.04. The van der Waals surface area contributed by atoms with Crippen LogP contribution in [-0.4, -0.2) is 23.2 Å². The highest BCUT2D eigenvalue weighted by Gasteiger charge is 2.31. The molecule has 1 N–H and O–H groups in total. The summed E-state index contributed by atoms with van der Waals surface area (Å²) in [5.41, 5.74) is 0. The van der Waals surface area contributed by atoms with Crippen molar-refractivity contribution in [1.29, 1.82) is 0 Å². The van der Waals surface area contributed by atoms with E-state index in [9.17, 15) is 0 Å². The van der Waals surface area contributed by atoms with Gasteiger partial charge < -0.3 is 9.84 Å². The van der Waals surface area contributed by atoms with Gasteiger partial charge in [-0.3, -0.25) is 0 Å². The summed E-state index contributed by atoms with van der Waals surface area (Å²) in [5, 5.41) is 7.63. The molecule has 2 aliphatic rings. The Hall–Kier alpha value is -0.900. The van der Waals surface area contributed by atoms with E-state index in [1.54, 1.807) is 0 Å². The molecule has 1 aliphatic heterocycles. The molecule has 0 aromatic carbocycles. The zero-order chi connectivity index (χ0) is 12.5. The van der Waals surface area contributed by atoms with Crippen molar-refractivity contribution in [3.63, 3.8) is 0 Å². The Morgan fingerprint density at radius 2 is 2.11 bits per heavy atom. The van der Waals surface area contributed by atoms with Crippen molar-refractivity contribution < 1.29 is 4.52 Å². The van der Waals surface area contributed by atoms with E-state index in [4.69, 9.17) is 4.52 Å². The van der Waals surface area contributed by atoms with Gasteiger partial charge in [-0.25, -0.2) is 0 Å². The predicted octanol–water partition coefficient (Wildman–Crippen LogP) is 2.69. The highest BCUT2D eigenvalue weighted by Crippen LogP contribution is 2.35. The summed E-state index contributed by atoms with van der Waals surface area (Å²) in [6, 6.07) is 0. The van der Waals surface area contributed by atoms with Gasteiger partial charge in [0.05, 0.1) is 5.92 Å². The first-order valence-electron chi connectivity index (χ1n) is 7.28. The van der Waals surface area contributed by atoms with Gasteiger partial charge in [-0.2, -0.15) is 4.98 Å². The summed E-state index contributed by atoms with van der Waals surface area (Å²) in [4.78, 5) is 4.68. The van der Waals surface area contributed by atoms with E-state index in [1.807, 2.05) is 0 Å². The Morgan fingerprint density at radius 3 is 2.83 bits per heavy atom. The van der Waals surface area contributed by atoms with Crippen molar-refractivity contribution in [2.24, 2.45) is 11.8 Å². The molecular formula is C14H23N3O. The Bertz CT molecular complexity index is 403. The van der Waals surface area contributed by atoms with Crippen molar-refractivity contribution in [3.05, 3.63) is 11.7 Å². The molecule has 0 bridgehead atoms. The molecule has 18 heavy (non-hydrogen) atoms. The van der Waals surface area contributed by atoms with Crippen LogP contribution in [0.4, 0.5) is 0 Å². The fraction of sp³-hybridized carbons (Fsp3) is 0.857. The van der Waals surface area contributed by atoms with E-state index in [-0.39, 0.29) is 0 Å². The zero-order valence-electron chi connectivity index (χ0n) is 11.4. The average Bonchev–Trinajstić information content (AvgIpc) is 2.97. The van der Waals surface area contributed by atoms with Gasteiger partial charge in [0, 0.05) is 12.5 Å². The topological polar surface area (TPSA) is 51.0 Å². The van der Waals surface area contributed by atoms with E-state index in [0.717, 1.165) is 30.7 Å². The van der Waals surface area contributed by atoms with Crippen molar-refractivity contribution in [2.75, 3.05) is 13.1 Å². The third kappa shape index (κ3) is 2.30. The first-order valence-corrected chi connectivity index (χ1v) is 7.28. The molecule has 1 aliphatic carbocycles. The zero-order valence-corrected chi connectivity index (χ0v) is 11.4. The van der Waals surface area contributed by atoms with Gasteiger partial charge >= 0.3 is 0 Å². The van der Waals surface area contributed by atoms with Crippen LogP contribution in [-0.2, 0) is 0 Å². The maximum absolute atomic E-state index is 5.51.